The Morgan fingerprint density at radius 3 is 3.26 bits per heavy atom. The molecule has 4 nitrogen and oxygen atoms in total. The number of alkyl halides is 1. The summed E-state index contributed by atoms with van der Waals surface area (Å²) in [6.45, 7) is 4.38. The number of aryl methyl sites for hydroxylation is 1. The lowest BCUT2D eigenvalue weighted by Crippen LogP contribution is -2.25. The number of pyridine rings is 1. The van der Waals surface area contributed by atoms with E-state index >= 15 is 0 Å². The standard InChI is InChI=1S/C14H17FN2O2/c1-2-3-11(15)5-4-10-6-7-16-12-13(10)19-9-8-17-14(12)18/h2,6-7,11H,1,3-5,8-9H2,(H,17,18). The summed E-state index contributed by atoms with van der Waals surface area (Å²) >= 11 is 0. The summed E-state index contributed by atoms with van der Waals surface area (Å²) in [6, 6.07) is 1.78. The lowest BCUT2D eigenvalue weighted by molar-refractivity contribution is 0.0952. The minimum Gasteiger partial charge on any atom is -0.489 e. The Bertz CT molecular complexity index is 477. The molecule has 1 atom stereocenters. The topological polar surface area (TPSA) is 51.2 Å². The van der Waals surface area contributed by atoms with Crippen LogP contribution in [0.4, 0.5) is 4.39 Å². The number of hydrogen-bond donors (Lipinski definition) is 1. The fraction of sp³-hybridized carbons (Fsp3) is 0.429. The van der Waals surface area contributed by atoms with Crippen LogP contribution in [-0.2, 0) is 6.42 Å². The summed E-state index contributed by atoms with van der Waals surface area (Å²) in [7, 11) is 0. The normalized spacial score (nSPS) is 15.7. The Balaban J connectivity index is 2.15. The van der Waals surface area contributed by atoms with Crippen LogP contribution >= 0.6 is 0 Å². The van der Waals surface area contributed by atoms with Gasteiger partial charge in [-0.05, 0) is 30.9 Å². The largest absolute Gasteiger partial charge is 0.489 e. The zero-order chi connectivity index (χ0) is 13.7. The first-order chi connectivity index (χ1) is 9.22. The van der Waals surface area contributed by atoms with Crippen LogP contribution < -0.4 is 10.1 Å². The lowest BCUT2D eigenvalue weighted by atomic mass is 10.0. The SMILES string of the molecule is C=CCC(F)CCc1ccnc2c1OCCNC2=O. The fourth-order valence-corrected chi connectivity index (χ4v) is 2.02. The molecule has 0 aromatic carbocycles. The average molecular weight is 264 g/mol. The van der Waals surface area contributed by atoms with Crippen molar-refractivity contribution < 1.29 is 13.9 Å². The van der Waals surface area contributed by atoms with Gasteiger partial charge in [0.15, 0.2) is 11.4 Å². The molecular formula is C14H17FN2O2. The number of nitrogens with zero attached hydrogens (tertiary/aromatic N) is 1. The quantitative estimate of drug-likeness (QED) is 0.828. The molecule has 2 heterocycles. The van der Waals surface area contributed by atoms with Crippen LogP contribution in [0.5, 0.6) is 5.75 Å². The number of carbonyl (C=O) groups is 1. The molecule has 2 rings (SSSR count). The monoisotopic (exact) mass is 264 g/mol. The van der Waals surface area contributed by atoms with Gasteiger partial charge in [-0.15, -0.1) is 6.58 Å². The van der Waals surface area contributed by atoms with Crippen LogP contribution in [-0.4, -0.2) is 30.2 Å². The first kappa shape index (κ1) is 13.5. The van der Waals surface area contributed by atoms with Crippen molar-refractivity contribution >= 4 is 5.91 Å². The second kappa shape index (κ2) is 6.31. The van der Waals surface area contributed by atoms with Crippen LogP contribution in [0, 0.1) is 0 Å². The summed E-state index contributed by atoms with van der Waals surface area (Å²) in [5.74, 6) is 0.251. The van der Waals surface area contributed by atoms with E-state index in [1.165, 1.54) is 0 Å². The molecule has 1 aromatic heterocycles. The van der Waals surface area contributed by atoms with Crippen molar-refractivity contribution in [1.82, 2.24) is 10.3 Å². The van der Waals surface area contributed by atoms with E-state index in [4.69, 9.17) is 4.74 Å². The van der Waals surface area contributed by atoms with Gasteiger partial charge in [-0.25, -0.2) is 9.37 Å². The van der Waals surface area contributed by atoms with Crippen molar-refractivity contribution in [3.05, 3.63) is 36.2 Å². The number of nitrogens with one attached hydrogen (secondary N) is 1. The Morgan fingerprint density at radius 2 is 2.47 bits per heavy atom. The van der Waals surface area contributed by atoms with Crippen LogP contribution in [0.1, 0.15) is 28.9 Å². The minimum absolute atomic E-state index is 0.239. The number of fused-ring (bicyclic) bond motifs is 1. The van der Waals surface area contributed by atoms with Crippen molar-refractivity contribution in [1.29, 1.82) is 0 Å². The Labute approximate surface area is 111 Å². The molecule has 0 bridgehead atoms. The molecule has 0 saturated heterocycles. The highest BCUT2D eigenvalue weighted by atomic mass is 19.1. The van der Waals surface area contributed by atoms with E-state index in [-0.39, 0.29) is 11.6 Å². The lowest BCUT2D eigenvalue weighted by Gasteiger charge is -2.11. The van der Waals surface area contributed by atoms with Crippen molar-refractivity contribution in [2.24, 2.45) is 0 Å². The number of rotatable bonds is 5. The molecule has 1 aliphatic rings. The molecule has 0 fully saturated rings. The van der Waals surface area contributed by atoms with E-state index in [1.807, 2.05) is 0 Å². The van der Waals surface area contributed by atoms with Gasteiger partial charge >= 0.3 is 0 Å². The summed E-state index contributed by atoms with van der Waals surface area (Å²) in [4.78, 5) is 15.8. The molecule has 19 heavy (non-hydrogen) atoms. The summed E-state index contributed by atoms with van der Waals surface area (Å²) in [5, 5.41) is 2.70. The third kappa shape index (κ3) is 3.30. The summed E-state index contributed by atoms with van der Waals surface area (Å²) < 4.78 is 19.0. The van der Waals surface area contributed by atoms with Crippen molar-refractivity contribution in [2.75, 3.05) is 13.2 Å². The van der Waals surface area contributed by atoms with Crippen LogP contribution in [0.2, 0.25) is 0 Å². The number of hydrogen-bond acceptors (Lipinski definition) is 3. The van der Waals surface area contributed by atoms with Gasteiger partial charge in [0.2, 0.25) is 0 Å². The molecule has 0 saturated carbocycles. The molecule has 5 heteroatoms. The highest BCUT2D eigenvalue weighted by molar-refractivity contribution is 5.95. The van der Waals surface area contributed by atoms with Gasteiger partial charge in [0, 0.05) is 6.20 Å². The highest BCUT2D eigenvalue weighted by Crippen LogP contribution is 2.25. The third-order valence-electron chi connectivity index (χ3n) is 2.98. The van der Waals surface area contributed by atoms with E-state index < -0.39 is 6.17 Å². The predicted molar refractivity (Wildman–Crippen MR) is 70.1 cm³/mol. The molecule has 1 unspecified atom stereocenters. The molecular weight excluding hydrogens is 247 g/mol. The summed E-state index contributed by atoms with van der Waals surface area (Å²) in [5.41, 5.74) is 1.11. The van der Waals surface area contributed by atoms with E-state index in [0.29, 0.717) is 38.2 Å². The molecule has 1 amide bonds. The second-order valence-corrected chi connectivity index (χ2v) is 4.41. The van der Waals surface area contributed by atoms with Crippen LogP contribution in [0.15, 0.2) is 24.9 Å². The van der Waals surface area contributed by atoms with Gasteiger partial charge in [0.25, 0.3) is 5.91 Å². The number of ether oxygens (including phenoxy) is 1. The zero-order valence-electron chi connectivity index (χ0n) is 10.7. The molecule has 0 aliphatic carbocycles. The van der Waals surface area contributed by atoms with E-state index in [2.05, 4.69) is 16.9 Å². The first-order valence-electron chi connectivity index (χ1n) is 6.36. The molecule has 0 spiro atoms. The molecule has 1 aliphatic heterocycles. The number of halogens is 1. The van der Waals surface area contributed by atoms with Gasteiger partial charge < -0.3 is 10.1 Å². The number of allylic oxidation sites excluding steroid dienone is 1. The van der Waals surface area contributed by atoms with Gasteiger partial charge in [-0.2, -0.15) is 0 Å². The first-order valence-corrected chi connectivity index (χ1v) is 6.36. The molecule has 0 radical (unpaired) electrons. The van der Waals surface area contributed by atoms with Crippen LogP contribution in [0.3, 0.4) is 0 Å². The third-order valence-corrected chi connectivity index (χ3v) is 2.98. The predicted octanol–water partition coefficient (Wildman–Crippen LogP) is 2.05. The van der Waals surface area contributed by atoms with Crippen LogP contribution in [0.25, 0.3) is 0 Å². The summed E-state index contributed by atoms with van der Waals surface area (Å²) in [6.07, 6.45) is 3.46. The maximum Gasteiger partial charge on any atom is 0.273 e. The van der Waals surface area contributed by atoms with Gasteiger partial charge in [0.1, 0.15) is 12.8 Å². The van der Waals surface area contributed by atoms with Gasteiger partial charge in [-0.1, -0.05) is 6.08 Å². The maximum absolute atomic E-state index is 13.5. The number of aromatic nitrogens is 1. The highest BCUT2D eigenvalue weighted by Gasteiger charge is 2.21. The molecule has 1 N–H and O–H groups in total. The average Bonchev–Trinajstić information content (AvgIpc) is 2.59. The van der Waals surface area contributed by atoms with Crippen molar-refractivity contribution in [3.8, 4) is 5.75 Å². The van der Waals surface area contributed by atoms with E-state index in [1.54, 1.807) is 18.3 Å². The minimum atomic E-state index is -0.916. The fourth-order valence-electron chi connectivity index (χ4n) is 2.02. The number of amides is 1. The zero-order valence-corrected chi connectivity index (χ0v) is 10.7. The molecule has 1 aromatic rings. The van der Waals surface area contributed by atoms with E-state index in [9.17, 15) is 9.18 Å². The smallest absolute Gasteiger partial charge is 0.273 e. The Morgan fingerprint density at radius 1 is 1.63 bits per heavy atom. The van der Waals surface area contributed by atoms with Crippen molar-refractivity contribution in [2.45, 2.75) is 25.4 Å². The van der Waals surface area contributed by atoms with Gasteiger partial charge in [-0.3, -0.25) is 4.79 Å². The van der Waals surface area contributed by atoms with Crippen molar-refractivity contribution in [3.63, 3.8) is 0 Å². The Hall–Kier alpha value is -1.91. The van der Waals surface area contributed by atoms with Gasteiger partial charge in [0.05, 0.1) is 6.54 Å². The Kier molecular flexibility index (Phi) is 4.49. The maximum atomic E-state index is 13.5. The van der Waals surface area contributed by atoms with E-state index in [0.717, 1.165) is 5.56 Å². The molecule has 102 valence electrons. The number of carbonyl (C=O) groups excluding carboxylic acids is 1. The second-order valence-electron chi connectivity index (χ2n) is 4.41.